The van der Waals surface area contributed by atoms with Crippen molar-refractivity contribution in [3.05, 3.63) is 30.6 Å². The molecule has 0 aromatic carbocycles. The number of likely N-dealkylation sites (tertiary alicyclic amines) is 1. The molecule has 20 heavy (non-hydrogen) atoms. The quantitative estimate of drug-likeness (QED) is 0.735. The second-order valence-corrected chi connectivity index (χ2v) is 4.90. The molecule has 0 unspecified atom stereocenters. The number of aromatic nitrogens is 2. The van der Waals surface area contributed by atoms with Crippen LogP contribution >= 0.6 is 0 Å². The van der Waals surface area contributed by atoms with Gasteiger partial charge in [-0.05, 0) is 18.6 Å². The summed E-state index contributed by atoms with van der Waals surface area (Å²) in [4.78, 5) is 13.7. The fourth-order valence-corrected chi connectivity index (χ4v) is 2.53. The molecule has 2 aromatic rings. The Labute approximate surface area is 115 Å². The van der Waals surface area contributed by atoms with E-state index in [0.717, 1.165) is 5.52 Å². The van der Waals surface area contributed by atoms with Crippen LogP contribution in [0.1, 0.15) is 6.42 Å². The number of carbonyl (C=O) groups is 1. The van der Waals surface area contributed by atoms with Gasteiger partial charge in [0, 0.05) is 12.7 Å². The number of anilines is 1. The van der Waals surface area contributed by atoms with E-state index in [0.29, 0.717) is 12.1 Å². The minimum absolute atomic E-state index is 0.154. The third-order valence-electron chi connectivity index (χ3n) is 3.53. The lowest BCUT2D eigenvalue weighted by Gasteiger charge is -2.22. The number of β-amino-alcohol motifs (C(OH)–C–C–N with tert-alkyl or cyclic N) is 1. The van der Waals surface area contributed by atoms with Crippen LogP contribution in [0.25, 0.3) is 5.52 Å². The number of hydrogen-bond acceptors (Lipinski definition) is 4. The highest BCUT2D eigenvalue weighted by Crippen LogP contribution is 2.21. The van der Waals surface area contributed by atoms with Crippen LogP contribution in [-0.4, -0.2) is 56.1 Å². The number of aliphatic hydroxyl groups is 2. The predicted molar refractivity (Wildman–Crippen MR) is 72.4 cm³/mol. The summed E-state index contributed by atoms with van der Waals surface area (Å²) < 4.78 is 1.66. The van der Waals surface area contributed by atoms with Gasteiger partial charge in [0.2, 0.25) is 0 Å². The van der Waals surface area contributed by atoms with Gasteiger partial charge in [-0.3, -0.25) is 0 Å². The minimum atomic E-state index is -0.582. The average molecular weight is 276 g/mol. The predicted octanol–water partition coefficient (Wildman–Crippen LogP) is 0.294. The van der Waals surface area contributed by atoms with E-state index in [4.69, 9.17) is 0 Å². The van der Waals surface area contributed by atoms with Crippen molar-refractivity contribution in [2.24, 2.45) is 0 Å². The number of pyridine rings is 1. The fraction of sp³-hybridized carbons (Fsp3) is 0.385. The minimum Gasteiger partial charge on any atom is -0.394 e. The maximum Gasteiger partial charge on any atom is 0.322 e. The van der Waals surface area contributed by atoms with Crippen molar-refractivity contribution in [3.63, 3.8) is 0 Å². The van der Waals surface area contributed by atoms with E-state index in [9.17, 15) is 15.0 Å². The van der Waals surface area contributed by atoms with Gasteiger partial charge in [-0.15, -0.1) is 0 Å². The van der Waals surface area contributed by atoms with Crippen LogP contribution < -0.4 is 5.32 Å². The molecule has 0 spiro atoms. The Kier molecular flexibility index (Phi) is 3.29. The Morgan fingerprint density at radius 2 is 2.35 bits per heavy atom. The van der Waals surface area contributed by atoms with Crippen molar-refractivity contribution in [2.75, 3.05) is 18.5 Å². The molecule has 7 nitrogen and oxygen atoms in total. The van der Waals surface area contributed by atoms with Gasteiger partial charge in [-0.2, -0.15) is 5.10 Å². The lowest BCUT2D eigenvalue weighted by Crippen LogP contribution is -2.40. The first-order valence-corrected chi connectivity index (χ1v) is 6.48. The number of amides is 2. The lowest BCUT2D eigenvalue weighted by molar-refractivity contribution is 0.164. The van der Waals surface area contributed by atoms with E-state index in [2.05, 4.69) is 10.4 Å². The van der Waals surface area contributed by atoms with Gasteiger partial charge in [-0.1, -0.05) is 6.07 Å². The van der Waals surface area contributed by atoms with Crippen molar-refractivity contribution in [3.8, 4) is 0 Å². The number of urea groups is 1. The number of aliphatic hydroxyl groups excluding tert-OH is 2. The lowest BCUT2D eigenvalue weighted by atomic mass is 10.2. The Hall–Kier alpha value is -2.12. The molecule has 2 amide bonds. The monoisotopic (exact) mass is 276 g/mol. The van der Waals surface area contributed by atoms with Gasteiger partial charge in [0.05, 0.1) is 36.2 Å². The average Bonchev–Trinajstić information content (AvgIpc) is 3.03. The Morgan fingerprint density at radius 1 is 1.50 bits per heavy atom. The number of nitrogens with one attached hydrogen (secondary N) is 1. The summed E-state index contributed by atoms with van der Waals surface area (Å²) in [5.41, 5.74) is 1.40. The van der Waals surface area contributed by atoms with E-state index in [1.54, 1.807) is 16.9 Å². The molecule has 0 aliphatic carbocycles. The van der Waals surface area contributed by atoms with Gasteiger partial charge >= 0.3 is 6.03 Å². The van der Waals surface area contributed by atoms with E-state index < -0.39 is 6.10 Å². The van der Waals surface area contributed by atoms with E-state index in [1.807, 2.05) is 18.2 Å². The van der Waals surface area contributed by atoms with Gasteiger partial charge in [0.15, 0.2) is 0 Å². The zero-order valence-electron chi connectivity index (χ0n) is 10.8. The highest BCUT2D eigenvalue weighted by Gasteiger charge is 2.34. The van der Waals surface area contributed by atoms with Gasteiger partial charge in [-0.25, -0.2) is 9.31 Å². The summed E-state index contributed by atoms with van der Waals surface area (Å²) in [6, 6.07) is 4.89. The molecule has 3 N–H and O–H groups in total. The Morgan fingerprint density at radius 3 is 3.15 bits per heavy atom. The molecule has 3 rings (SSSR count). The van der Waals surface area contributed by atoms with Crippen LogP contribution in [-0.2, 0) is 0 Å². The second kappa shape index (κ2) is 5.10. The molecular weight excluding hydrogens is 260 g/mol. The smallest absolute Gasteiger partial charge is 0.322 e. The number of nitrogens with zero attached hydrogens (tertiary/aromatic N) is 3. The van der Waals surface area contributed by atoms with Crippen LogP contribution in [0.3, 0.4) is 0 Å². The zero-order valence-corrected chi connectivity index (χ0v) is 10.8. The maximum absolute atomic E-state index is 12.2. The van der Waals surface area contributed by atoms with E-state index in [1.165, 1.54) is 4.90 Å². The summed E-state index contributed by atoms with van der Waals surface area (Å²) in [6.45, 7) is 0.0789. The molecule has 7 heteroatoms. The molecule has 1 aliphatic heterocycles. The SMILES string of the molecule is O=C(Nc1cnn2ccccc12)N1C[C@@H](O)C[C@H]1CO. The van der Waals surface area contributed by atoms with E-state index >= 15 is 0 Å². The third kappa shape index (κ3) is 2.21. The van der Waals surface area contributed by atoms with Gasteiger partial charge in [0.1, 0.15) is 0 Å². The molecule has 0 saturated carbocycles. The topological polar surface area (TPSA) is 90.1 Å². The first-order valence-electron chi connectivity index (χ1n) is 6.48. The van der Waals surface area contributed by atoms with Crippen molar-refractivity contribution in [1.29, 1.82) is 0 Å². The van der Waals surface area contributed by atoms with Crippen molar-refractivity contribution in [1.82, 2.24) is 14.5 Å². The molecule has 1 saturated heterocycles. The molecular formula is C13H16N4O3. The van der Waals surface area contributed by atoms with Crippen LogP contribution in [0.2, 0.25) is 0 Å². The molecule has 0 bridgehead atoms. The van der Waals surface area contributed by atoms with Crippen LogP contribution in [0.15, 0.2) is 30.6 Å². The maximum atomic E-state index is 12.2. The summed E-state index contributed by atoms with van der Waals surface area (Å²) >= 11 is 0. The summed E-state index contributed by atoms with van der Waals surface area (Å²) in [6.07, 6.45) is 3.19. The molecule has 0 radical (unpaired) electrons. The largest absolute Gasteiger partial charge is 0.394 e. The highest BCUT2D eigenvalue weighted by atomic mass is 16.3. The number of rotatable bonds is 2. The van der Waals surface area contributed by atoms with Crippen molar-refractivity contribution in [2.45, 2.75) is 18.6 Å². The third-order valence-corrected chi connectivity index (χ3v) is 3.53. The fourth-order valence-electron chi connectivity index (χ4n) is 2.53. The molecule has 106 valence electrons. The first kappa shape index (κ1) is 12.9. The zero-order chi connectivity index (χ0) is 14.1. The molecule has 1 fully saturated rings. The van der Waals surface area contributed by atoms with Crippen LogP contribution in [0, 0.1) is 0 Å². The number of hydrogen-bond donors (Lipinski definition) is 3. The van der Waals surface area contributed by atoms with E-state index in [-0.39, 0.29) is 25.2 Å². The van der Waals surface area contributed by atoms with Gasteiger partial charge in [0.25, 0.3) is 0 Å². The molecule has 3 heterocycles. The van der Waals surface area contributed by atoms with Crippen molar-refractivity contribution >= 4 is 17.2 Å². The summed E-state index contributed by atoms with van der Waals surface area (Å²) in [7, 11) is 0. The highest BCUT2D eigenvalue weighted by molar-refractivity contribution is 5.94. The summed E-state index contributed by atoms with van der Waals surface area (Å²) in [5.74, 6) is 0. The van der Waals surface area contributed by atoms with Crippen LogP contribution in [0.4, 0.5) is 10.5 Å². The van der Waals surface area contributed by atoms with Crippen molar-refractivity contribution < 1.29 is 15.0 Å². The second-order valence-electron chi connectivity index (χ2n) is 4.90. The molecule has 2 atom stereocenters. The van der Waals surface area contributed by atoms with Crippen LogP contribution in [0.5, 0.6) is 0 Å². The Balaban J connectivity index is 1.79. The molecule has 2 aromatic heterocycles. The summed E-state index contributed by atoms with van der Waals surface area (Å²) in [5, 5.41) is 25.8. The first-order chi connectivity index (χ1) is 9.69. The number of carbonyl (C=O) groups excluding carboxylic acids is 1. The molecule has 1 aliphatic rings. The number of fused-ring (bicyclic) bond motifs is 1. The van der Waals surface area contributed by atoms with Gasteiger partial charge < -0.3 is 20.4 Å². The normalized spacial score (nSPS) is 22.4. The Bertz CT molecular complexity index is 627. The standard InChI is InChI=1S/C13H16N4O3/c18-8-9-5-10(19)7-16(9)13(20)15-11-6-14-17-4-2-1-3-12(11)17/h1-4,6,9-10,18-19H,5,7-8H2,(H,15,20)/t9-,10-/m0/s1.